The van der Waals surface area contributed by atoms with Crippen molar-refractivity contribution >= 4 is 17.3 Å². The molecule has 1 aliphatic carbocycles. The number of anilines is 3. The quantitative estimate of drug-likeness (QED) is 0.612. The summed E-state index contributed by atoms with van der Waals surface area (Å²) in [6, 6.07) is 4.34. The van der Waals surface area contributed by atoms with Gasteiger partial charge in [-0.05, 0) is 38.0 Å². The highest BCUT2D eigenvalue weighted by molar-refractivity contribution is 5.75. The Balaban J connectivity index is 1.51. The molecule has 2 N–H and O–H groups in total. The molecule has 32 heavy (non-hydrogen) atoms. The summed E-state index contributed by atoms with van der Waals surface area (Å²) in [4.78, 5) is 15.9. The van der Waals surface area contributed by atoms with Crippen LogP contribution in [0, 0.1) is 0 Å². The molecule has 4 heterocycles. The largest absolute Gasteiger partial charge is 0.384 e. The number of fused-ring (bicyclic) bond motifs is 3. The molecule has 3 aromatic heterocycles. The molecule has 1 unspecified atom stereocenters. The van der Waals surface area contributed by atoms with Gasteiger partial charge < -0.3 is 20.3 Å². The molecule has 0 bridgehead atoms. The number of nitrogens with zero attached hydrogens (tertiary/aromatic N) is 6. The second-order valence-electron chi connectivity index (χ2n) is 8.67. The van der Waals surface area contributed by atoms with Crippen molar-refractivity contribution in [2.45, 2.75) is 32.2 Å². The zero-order valence-corrected chi connectivity index (χ0v) is 18.9. The van der Waals surface area contributed by atoms with Gasteiger partial charge in [-0.3, -0.25) is 4.68 Å². The molecule has 1 atom stereocenters. The van der Waals surface area contributed by atoms with Crippen molar-refractivity contribution in [3.8, 4) is 11.4 Å². The molecule has 0 aromatic carbocycles. The van der Waals surface area contributed by atoms with Gasteiger partial charge in [-0.15, -0.1) is 0 Å². The van der Waals surface area contributed by atoms with E-state index < -0.39 is 0 Å². The number of piperazine rings is 1. The second-order valence-corrected chi connectivity index (χ2v) is 8.67. The van der Waals surface area contributed by atoms with Gasteiger partial charge in [-0.25, -0.2) is 15.0 Å². The van der Waals surface area contributed by atoms with Gasteiger partial charge in [0.05, 0.1) is 29.9 Å². The SMILES string of the molecule is COCC1Cc2cncnc2-c2c1c(Nc1ccc(N3CCNCC3)cn1)nn2C(C)C. The maximum atomic E-state index is 5.58. The normalized spacial score (nSPS) is 17.9. The highest BCUT2D eigenvalue weighted by atomic mass is 16.5. The molecule has 5 rings (SSSR count). The molecule has 0 amide bonds. The van der Waals surface area contributed by atoms with Gasteiger partial charge >= 0.3 is 0 Å². The van der Waals surface area contributed by atoms with Crippen molar-refractivity contribution < 1.29 is 4.74 Å². The molecule has 1 saturated heterocycles. The Labute approximate surface area is 188 Å². The first-order valence-corrected chi connectivity index (χ1v) is 11.2. The Hall–Kier alpha value is -3.04. The van der Waals surface area contributed by atoms with Gasteiger partial charge in [0.2, 0.25) is 0 Å². The lowest BCUT2D eigenvalue weighted by molar-refractivity contribution is 0.178. The molecule has 0 radical (unpaired) electrons. The van der Waals surface area contributed by atoms with Gasteiger partial charge in [-0.2, -0.15) is 5.10 Å². The van der Waals surface area contributed by atoms with Crippen LogP contribution in [0.15, 0.2) is 30.9 Å². The van der Waals surface area contributed by atoms with E-state index in [1.54, 1.807) is 13.4 Å². The number of rotatable bonds is 6. The summed E-state index contributed by atoms with van der Waals surface area (Å²) in [6.45, 7) is 8.89. The molecule has 9 heteroatoms. The van der Waals surface area contributed by atoms with Gasteiger partial charge in [-0.1, -0.05) is 0 Å². The van der Waals surface area contributed by atoms with Crippen molar-refractivity contribution in [3.63, 3.8) is 0 Å². The summed E-state index contributed by atoms with van der Waals surface area (Å²) in [5.41, 5.74) is 5.42. The minimum atomic E-state index is 0.170. The topological polar surface area (TPSA) is 93.0 Å². The number of nitrogens with one attached hydrogen (secondary N) is 2. The average molecular weight is 435 g/mol. The molecular formula is C23H30N8O. The number of hydrogen-bond acceptors (Lipinski definition) is 8. The van der Waals surface area contributed by atoms with E-state index in [-0.39, 0.29) is 12.0 Å². The first-order valence-electron chi connectivity index (χ1n) is 11.2. The van der Waals surface area contributed by atoms with E-state index in [2.05, 4.69) is 55.1 Å². The third-order valence-electron chi connectivity index (χ3n) is 6.17. The molecule has 9 nitrogen and oxygen atoms in total. The van der Waals surface area contributed by atoms with Crippen molar-refractivity contribution in [3.05, 3.63) is 42.0 Å². The van der Waals surface area contributed by atoms with E-state index >= 15 is 0 Å². The van der Waals surface area contributed by atoms with Crippen LogP contribution >= 0.6 is 0 Å². The summed E-state index contributed by atoms with van der Waals surface area (Å²) < 4.78 is 7.64. The van der Waals surface area contributed by atoms with Crippen LogP contribution in [-0.2, 0) is 11.2 Å². The molecule has 168 valence electrons. The van der Waals surface area contributed by atoms with Crippen LogP contribution in [0.1, 0.15) is 36.9 Å². The van der Waals surface area contributed by atoms with Crippen LogP contribution in [0.5, 0.6) is 0 Å². The average Bonchev–Trinajstić information content (AvgIpc) is 3.21. The lowest BCUT2D eigenvalue weighted by Crippen LogP contribution is -2.43. The molecule has 3 aromatic rings. The number of aromatic nitrogens is 5. The standard InChI is InChI=1S/C23H30N8O/c1-15(2)31-22-20(17(13-32-3)10-16-11-25-14-27-21(16)22)23(29-31)28-19-5-4-18(12-26-19)30-8-6-24-7-9-30/h4-5,11-12,14-15,17,24H,6-10,13H2,1-3H3,(H,26,28,29). The van der Waals surface area contributed by atoms with Gasteiger partial charge in [0, 0.05) is 57.0 Å². The van der Waals surface area contributed by atoms with E-state index in [1.807, 2.05) is 18.5 Å². The summed E-state index contributed by atoms with van der Waals surface area (Å²) in [5, 5.41) is 11.8. The minimum Gasteiger partial charge on any atom is -0.384 e. The molecule has 1 fully saturated rings. The molecule has 0 spiro atoms. The van der Waals surface area contributed by atoms with E-state index in [9.17, 15) is 0 Å². The fourth-order valence-corrected chi connectivity index (χ4v) is 4.66. The minimum absolute atomic E-state index is 0.170. The second kappa shape index (κ2) is 8.84. The van der Waals surface area contributed by atoms with Crippen LogP contribution in [-0.4, -0.2) is 64.6 Å². The first-order chi connectivity index (χ1) is 15.7. The van der Waals surface area contributed by atoms with Crippen molar-refractivity contribution in [1.29, 1.82) is 0 Å². The van der Waals surface area contributed by atoms with Crippen LogP contribution in [0.3, 0.4) is 0 Å². The van der Waals surface area contributed by atoms with Crippen LogP contribution < -0.4 is 15.5 Å². The Kier molecular flexibility index (Phi) is 5.75. The Morgan fingerprint density at radius 1 is 1.19 bits per heavy atom. The molecule has 1 aliphatic heterocycles. The monoisotopic (exact) mass is 434 g/mol. The maximum Gasteiger partial charge on any atom is 0.157 e. The molecule has 2 aliphatic rings. The van der Waals surface area contributed by atoms with Crippen molar-refractivity contribution in [2.75, 3.05) is 50.1 Å². The Bertz CT molecular complexity index is 1070. The zero-order valence-electron chi connectivity index (χ0n) is 18.9. The number of ether oxygens (including phenoxy) is 1. The van der Waals surface area contributed by atoms with Crippen LogP contribution in [0.25, 0.3) is 11.4 Å². The van der Waals surface area contributed by atoms with Crippen LogP contribution in [0.2, 0.25) is 0 Å². The Morgan fingerprint density at radius 2 is 2.03 bits per heavy atom. The fourth-order valence-electron chi connectivity index (χ4n) is 4.66. The Morgan fingerprint density at radius 3 is 2.75 bits per heavy atom. The summed E-state index contributed by atoms with van der Waals surface area (Å²) in [7, 11) is 1.74. The lowest BCUT2D eigenvalue weighted by atomic mass is 9.85. The van der Waals surface area contributed by atoms with Gasteiger partial charge in [0.1, 0.15) is 12.1 Å². The fraction of sp³-hybridized carbons (Fsp3) is 0.478. The predicted octanol–water partition coefficient (Wildman–Crippen LogP) is 2.76. The summed E-state index contributed by atoms with van der Waals surface area (Å²) >= 11 is 0. The smallest absolute Gasteiger partial charge is 0.157 e. The number of hydrogen-bond donors (Lipinski definition) is 2. The summed E-state index contributed by atoms with van der Waals surface area (Å²) in [6.07, 6.45) is 6.29. The zero-order chi connectivity index (χ0) is 22.1. The summed E-state index contributed by atoms with van der Waals surface area (Å²) in [5.74, 6) is 1.77. The van der Waals surface area contributed by atoms with E-state index in [4.69, 9.17) is 9.84 Å². The lowest BCUT2D eigenvalue weighted by Gasteiger charge is -2.29. The predicted molar refractivity (Wildman–Crippen MR) is 125 cm³/mol. The first kappa shape index (κ1) is 20.8. The van der Waals surface area contributed by atoms with Crippen molar-refractivity contribution in [1.82, 2.24) is 30.0 Å². The molecule has 0 saturated carbocycles. The van der Waals surface area contributed by atoms with Gasteiger partial charge in [0.25, 0.3) is 0 Å². The number of methoxy groups -OCH3 is 1. The highest BCUT2D eigenvalue weighted by Gasteiger charge is 2.34. The van der Waals surface area contributed by atoms with Crippen molar-refractivity contribution in [2.24, 2.45) is 0 Å². The van der Waals surface area contributed by atoms with E-state index in [0.717, 1.165) is 72.4 Å². The highest BCUT2D eigenvalue weighted by Crippen LogP contribution is 2.43. The van der Waals surface area contributed by atoms with E-state index in [0.29, 0.717) is 6.61 Å². The van der Waals surface area contributed by atoms with Crippen LogP contribution in [0.4, 0.5) is 17.3 Å². The maximum absolute atomic E-state index is 5.58. The third-order valence-corrected chi connectivity index (χ3v) is 6.17. The number of pyridine rings is 1. The molecular weight excluding hydrogens is 404 g/mol. The van der Waals surface area contributed by atoms with E-state index in [1.165, 1.54) is 0 Å². The van der Waals surface area contributed by atoms with Gasteiger partial charge in [0.15, 0.2) is 5.82 Å². The third kappa shape index (κ3) is 3.82.